The number of cyclic esters (lactones) is 1. The van der Waals surface area contributed by atoms with Gasteiger partial charge in [-0.3, -0.25) is 9.69 Å². The van der Waals surface area contributed by atoms with Crippen molar-refractivity contribution in [1.29, 1.82) is 0 Å². The number of hydrogen-bond donors (Lipinski definition) is 0. The molecule has 2 fully saturated rings. The maximum Gasteiger partial charge on any atom is 0.338 e. The van der Waals surface area contributed by atoms with Crippen LogP contribution in [0, 0.1) is 0 Å². The molecule has 10 heteroatoms. The molecule has 0 saturated carbocycles. The molecule has 1 aromatic heterocycles. The molecule has 1 aromatic carbocycles. The topological polar surface area (TPSA) is 99.9 Å². The lowest BCUT2D eigenvalue weighted by Gasteiger charge is -2.46. The van der Waals surface area contributed by atoms with Crippen molar-refractivity contribution >= 4 is 30.2 Å². The van der Waals surface area contributed by atoms with E-state index < -0.39 is 0 Å². The van der Waals surface area contributed by atoms with Crippen molar-refractivity contribution in [3.8, 4) is 0 Å². The van der Waals surface area contributed by atoms with E-state index in [9.17, 15) is 9.59 Å². The first kappa shape index (κ1) is 26.3. The van der Waals surface area contributed by atoms with Gasteiger partial charge in [-0.05, 0) is 55.0 Å². The van der Waals surface area contributed by atoms with E-state index in [0.717, 1.165) is 67.0 Å². The van der Waals surface area contributed by atoms with Gasteiger partial charge in [0.15, 0.2) is 0 Å². The maximum atomic E-state index is 13.8. The molecule has 41 heavy (non-hydrogen) atoms. The molecule has 214 valence electrons. The van der Waals surface area contributed by atoms with Gasteiger partial charge < -0.3 is 19.3 Å². The van der Waals surface area contributed by atoms with Gasteiger partial charge in [0.25, 0.3) is 0 Å². The number of rotatable bonds is 4. The van der Waals surface area contributed by atoms with E-state index >= 15 is 0 Å². The first-order chi connectivity index (χ1) is 20.0. The number of benzene rings is 1. The number of morpholine rings is 1. The van der Waals surface area contributed by atoms with Crippen LogP contribution in [0.15, 0.2) is 34.5 Å². The molecule has 0 radical (unpaired) electrons. The van der Waals surface area contributed by atoms with E-state index in [-0.39, 0.29) is 36.0 Å². The molecule has 0 spiro atoms. The number of amides is 1. The van der Waals surface area contributed by atoms with Crippen LogP contribution in [0.1, 0.15) is 77.0 Å². The Kier molecular flexibility index (Phi) is 6.83. The first-order valence-corrected chi connectivity index (χ1v) is 14.8. The molecule has 5 heterocycles. The van der Waals surface area contributed by atoms with Gasteiger partial charge in [-0.2, -0.15) is 5.10 Å². The third-order valence-corrected chi connectivity index (χ3v) is 9.39. The van der Waals surface area contributed by atoms with Crippen molar-refractivity contribution in [3.05, 3.63) is 57.8 Å². The van der Waals surface area contributed by atoms with Crippen LogP contribution >= 0.6 is 0 Å². The molecule has 2 saturated heterocycles. The van der Waals surface area contributed by atoms with Gasteiger partial charge in [-0.25, -0.2) is 9.78 Å². The summed E-state index contributed by atoms with van der Waals surface area (Å²) in [5.74, 6) is 0.686. The fourth-order valence-electron chi connectivity index (χ4n) is 7.09. The molecule has 1 amide bonds. The second-order valence-corrected chi connectivity index (χ2v) is 11.7. The Morgan fingerprint density at radius 1 is 1.10 bits per heavy atom. The van der Waals surface area contributed by atoms with Crippen LogP contribution in [0.5, 0.6) is 0 Å². The van der Waals surface area contributed by atoms with E-state index in [4.69, 9.17) is 14.5 Å². The van der Waals surface area contributed by atoms with Gasteiger partial charge in [0, 0.05) is 56.1 Å². The molecule has 0 N–H and O–H groups in total. The van der Waals surface area contributed by atoms with Crippen molar-refractivity contribution in [3.63, 3.8) is 0 Å². The van der Waals surface area contributed by atoms with Crippen molar-refractivity contribution < 1.29 is 19.1 Å². The van der Waals surface area contributed by atoms with Gasteiger partial charge in [-0.1, -0.05) is 19.1 Å². The third kappa shape index (κ3) is 4.63. The summed E-state index contributed by atoms with van der Waals surface area (Å²) in [6.45, 7) is 8.19. The van der Waals surface area contributed by atoms with Gasteiger partial charge in [0.05, 0.1) is 30.2 Å². The average molecular weight is 557 g/mol. The summed E-state index contributed by atoms with van der Waals surface area (Å²) in [5.41, 5.74) is 6.10. The highest BCUT2D eigenvalue weighted by Gasteiger charge is 2.40. The fourth-order valence-corrected chi connectivity index (χ4v) is 7.09. The Morgan fingerprint density at radius 2 is 1.98 bits per heavy atom. The van der Waals surface area contributed by atoms with Crippen LogP contribution in [0.25, 0.3) is 0 Å². The number of piperazine rings is 1. The van der Waals surface area contributed by atoms with Crippen molar-refractivity contribution in [2.24, 2.45) is 10.2 Å². The second-order valence-electron chi connectivity index (χ2n) is 11.7. The number of hydrogen-bond acceptors (Lipinski definition) is 9. The molecular weight excluding hydrogens is 520 g/mol. The number of esters is 1. The summed E-state index contributed by atoms with van der Waals surface area (Å²) in [4.78, 5) is 37.3. The Bertz CT molecular complexity index is 1440. The van der Waals surface area contributed by atoms with Crippen molar-refractivity contribution in [2.45, 2.75) is 70.2 Å². The maximum absolute atomic E-state index is 13.8. The van der Waals surface area contributed by atoms with Crippen LogP contribution in [0.4, 0.5) is 5.82 Å². The summed E-state index contributed by atoms with van der Waals surface area (Å²) in [7, 11) is 0. The van der Waals surface area contributed by atoms with E-state index in [2.05, 4.69) is 39.9 Å². The number of carbonyl (C=O) groups is 2. The number of carbonyl (C=O) groups excluding carboxylic acids is 2. The van der Waals surface area contributed by atoms with Crippen LogP contribution in [-0.2, 0) is 33.7 Å². The Balaban J connectivity index is 1.01. The number of ether oxygens (including phenoxy) is 2. The molecule has 4 unspecified atom stereocenters. The lowest BCUT2D eigenvalue weighted by Crippen LogP contribution is -2.60. The molecule has 4 aliphatic heterocycles. The van der Waals surface area contributed by atoms with Gasteiger partial charge in [0.2, 0.25) is 5.91 Å². The predicted octanol–water partition coefficient (Wildman–Crippen LogP) is 3.24. The summed E-state index contributed by atoms with van der Waals surface area (Å²) < 4.78 is 11.7. The van der Waals surface area contributed by atoms with Crippen molar-refractivity contribution in [1.82, 2.24) is 14.8 Å². The first-order valence-electron chi connectivity index (χ1n) is 14.8. The number of fused-ring (bicyclic) bond motifs is 3. The van der Waals surface area contributed by atoms with Crippen LogP contribution in [-0.4, -0.2) is 84.1 Å². The molecular formula is C31H36N6O4. The van der Waals surface area contributed by atoms with Gasteiger partial charge >= 0.3 is 5.97 Å². The normalized spacial score (nSPS) is 27.3. The van der Waals surface area contributed by atoms with Crippen LogP contribution in [0.2, 0.25) is 0 Å². The van der Waals surface area contributed by atoms with E-state index in [0.29, 0.717) is 31.9 Å². The van der Waals surface area contributed by atoms with Gasteiger partial charge in [-0.15, -0.1) is 5.10 Å². The van der Waals surface area contributed by atoms with E-state index in [1.165, 1.54) is 5.56 Å². The summed E-state index contributed by atoms with van der Waals surface area (Å²) >= 11 is 0. The number of aryl methyl sites for hydroxylation is 1. The molecule has 1 aliphatic carbocycles. The number of pyridine rings is 1. The standard InChI is InChI=1S/C31H36N6O4/c1-3-21-23(4-5-25-26(21)17-41-31(25)39)28-15-35-12-13-36(14-20(35)16-40-28)30(38)24-6-8-27-22(24)7-9-29(34-27)37-18-33-32-11-10-19(37)2/h4-5,7,9,11,18-20,24,28H,3,6,8,10,12-17H2,1-2H3. The zero-order chi connectivity index (χ0) is 28.1. The highest BCUT2D eigenvalue weighted by molar-refractivity contribution is 5.94. The van der Waals surface area contributed by atoms with Crippen LogP contribution < -0.4 is 4.90 Å². The number of aromatic nitrogens is 1. The summed E-state index contributed by atoms with van der Waals surface area (Å²) in [5, 5.41) is 8.12. The third-order valence-electron chi connectivity index (χ3n) is 9.39. The summed E-state index contributed by atoms with van der Waals surface area (Å²) in [6.07, 6.45) is 6.76. The fraction of sp³-hybridized carbons (Fsp3) is 0.516. The lowest BCUT2D eigenvalue weighted by molar-refractivity contribution is -0.141. The molecule has 7 rings (SSSR count). The van der Waals surface area contributed by atoms with E-state index in [1.54, 1.807) is 6.34 Å². The molecule has 0 bridgehead atoms. The smallest absolute Gasteiger partial charge is 0.338 e. The molecule has 2 aromatic rings. The average Bonchev–Trinajstić information content (AvgIpc) is 3.53. The molecule has 10 nitrogen and oxygen atoms in total. The number of anilines is 1. The highest BCUT2D eigenvalue weighted by atomic mass is 16.5. The number of nitrogens with zero attached hydrogens (tertiary/aromatic N) is 6. The Labute approximate surface area is 240 Å². The SMILES string of the molecule is CCc1c(C2CN3CCN(C(=O)C4CCc5nc(N6C=NN=CCC6C)ccc54)CC3CO2)ccc2c1COC2=O. The van der Waals surface area contributed by atoms with E-state index in [1.807, 2.05) is 29.3 Å². The molecule has 4 atom stereocenters. The second kappa shape index (κ2) is 10.6. The predicted molar refractivity (Wildman–Crippen MR) is 154 cm³/mol. The minimum atomic E-state index is -0.232. The Morgan fingerprint density at radius 3 is 2.85 bits per heavy atom. The van der Waals surface area contributed by atoms with Crippen LogP contribution in [0.3, 0.4) is 0 Å². The Hall–Kier alpha value is -3.63. The zero-order valence-electron chi connectivity index (χ0n) is 23.7. The quantitative estimate of drug-likeness (QED) is 0.533. The zero-order valence-corrected chi connectivity index (χ0v) is 23.7. The minimum Gasteiger partial charge on any atom is -0.457 e. The molecule has 5 aliphatic rings. The highest BCUT2D eigenvalue weighted by Crippen LogP contribution is 2.37. The van der Waals surface area contributed by atoms with Crippen molar-refractivity contribution in [2.75, 3.05) is 37.7 Å². The monoisotopic (exact) mass is 556 g/mol. The summed E-state index contributed by atoms with van der Waals surface area (Å²) in [6, 6.07) is 8.43. The van der Waals surface area contributed by atoms with Gasteiger partial charge in [0.1, 0.15) is 18.8 Å². The lowest BCUT2D eigenvalue weighted by atomic mass is 9.91. The largest absolute Gasteiger partial charge is 0.457 e. The minimum absolute atomic E-state index is 0.0463.